The SMILES string of the molecule is CC(C)(CCO/N=C(\c1ccccc1)C(Cc1ccccc1)n1ccnc1)CC(=O)O. The topological polar surface area (TPSA) is 76.7 Å². The van der Waals surface area contributed by atoms with Crippen LogP contribution in [0, 0.1) is 5.41 Å². The first-order chi connectivity index (χ1) is 14.9. The largest absolute Gasteiger partial charge is 0.481 e. The molecule has 0 saturated heterocycles. The number of hydrogen-bond donors (Lipinski definition) is 1. The molecule has 1 unspecified atom stereocenters. The molecule has 0 radical (unpaired) electrons. The molecule has 0 aliphatic rings. The standard InChI is InChI=1S/C25H29N3O3/c1-25(2,18-23(29)30)13-16-31-27-24(21-11-7-4-8-12-21)22(28-15-14-26-19-28)17-20-9-5-3-6-10-20/h3-12,14-15,19,22H,13,16-18H2,1-2H3,(H,29,30)/b27-24+. The summed E-state index contributed by atoms with van der Waals surface area (Å²) in [7, 11) is 0. The molecule has 31 heavy (non-hydrogen) atoms. The molecule has 0 fully saturated rings. The molecule has 0 aliphatic heterocycles. The number of imidazole rings is 1. The van der Waals surface area contributed by atoms with Gasteiger partial charge in [-0.1, -0.05) is 79.7 Å². The van der Waals surface area contributed by atoms with Gasteiger partial charge in [0.25, 0.3) is 0 Å². The van der Waals surface area contributed by atoms with Crippen LogP contribution in [0.5, 0.6) is 0 Å². The highest BCUT2D eigenvalue weighted by molar-refractivity contribution is 6.03. The number of aliphatic carboxylic acids is 1. The van der Waals surface area contributed by atoms with Gasteiger partial charge < -0.3 is 14.5 Å². The van der Waals surface area contributed by atoms with Crippen molar-refractivity contribution in [3.8, 4) is 0 Å². The quantitative estimate of drug-likeness (QED) is 0.270. The molecule has 0 aliphatic carbocycles. The molecule has 2 aromatic carbocycles. The van der Waals surface area contributed by atoms with E-state index in [0.717, 1.165) is 17.7 Å². The maximum Gasteiger partial charge on any atom is 0.303 e. The van der Waals surface area contributed by atoms with E-state index >= 15 is 0 Å². The lowest BCUT2D eigenvalue weighted by molar-refractivity contribution is -0.139. The highest BCUT2D eigenvalue weighted by Gasteiger charge is 2.23. The average Bonchev–Trinajstić information content (AvgIpc) is 3.28. The lowest BCUT2D eigenvalue weighted by Crippen LogP contribution is -2.23. The van der Waals surface area contributed by atoms with E-state index in [1.165, 1.54) is 5.56 Å². The average molecular weight is 420 g/mol. The van der Waals surface area contributed by atoms with Crippen molar-refractivity contribution in [2.75, 3.05) is 6.61 Å². The summed E-state index contributed by atoms with van der Waals surface area (Å²) in [6.45, 7) is 4.20. The van der Waals surface area contributed by atoms with Crippen LogP contribution in [0.4, 0.5) is 0 Å². The summed E-state index contributed by atoms with van der Waals surface area (Å²) >= 11 is 0. The Hall–Kier alpha value is -3.41. The summed E-state index contributed by atoms with van der Waals surface area (Å²) < 4.78 is 2.04. The molecule has 1 aromatic heterocycles. The van der Waals surface area contributed by atoms with E-state index in [9.17, 15) is 4.79 Å². The van der Waals surface area contributed by atoms with Crippen LogP contribution in [0.2, 0.25) is 0 Å². The first kappa shape index (κ1) is 22.3. The number of carboxylic acid groups (broad SMARTS) is 1. The zero-order valence-corrected chi connectivity index (χ0v) is 18.0. The van der Waals surface area contributed by atoms with Crippen LogP contribution in [-0.4, -0.2) is 32.9 Å². The lowest BCUT2D eigenvalue weighted by Gasteiger charge is -2.23. The van der Waals surface area contributed by atoms with Crippen molar-refractivity contribution < 1.29 is 14.7 Å². The molecule has 0 bridgehead atoms. The Bertz CT molecular complexity index is 968. The van der Waals surface area contributed by atoms with Gasteiger partial charge in [0.2, 0.25) is 0 Å². The maximum atomic E-state index is 11.1. The number of benzene rings is 2. The molecule has 1 atom stereocenters. The summed E-state index contributed by atoms with van der Waals surface area (Å²) in [5, 5.41) is 13.6. The number of nitrogens with zero attached hydrogens (tertiary/aromatic N) is 3. The molecule has 162 valence electrons. The third-order valence-corrected chi connectivity index (χ3v) is 5.20. The normalized spacial score (nSPS) is 13.0. The lowest BCUT2D eigenvalue weighted by atomic mass is 9.86. The number of oxime groups is 1. The highest BCUT2D eigenvalue weighted by Crippen LogP contribution is 2.25. The summed E-state index contributed by atoms with van der Waals surface area (Å²) in [6, 6.07) is 20.1. The maximum absolute atomic E-state index is 11.1. The van der Waals surface area contributed by atoms with E-state index in [1.807, 2.05) is 73.1 Å². The van der Waals surface area contributed by atoms with Crippen molar-refractivity contribution in [2.24, 2.45) is 10.6 Å². The Labute approximate surface area is 183 Å². The highest BCUT2D eigenvalue weighted by atomic mass is 16.6. The smallest absolute Gasteiger partial charge is 0.303 e. The van der Waals surface area contributed by atoms with Gasteiger partial charge in [-0.3, -0.25) is 4.79 Å². The Kier molecular flexibility index (Phi) is 7.60. The Morgan fingerprint density at radius 3 is 2.42 bits per heavy atom. The van der Waals surface area contributed by atoms with Crippen molar-refractivity contribution >= 4 is 11.7 Å². The second-order valence-electron chi connectivity index (χ2n) is 8.38. The van der Waals surface area contributed by atoms with Gasteiger partial charge in [-0.05, 0) is 23.8 Å². The van der Waals surface area contributed by atoms with Crippen molar-refractivity contribution in [3.05, 3.63) is 90.5 Å². The van der Waals surface area contributed by atoms with Crippen LogP contribution >= 0.6 is 0 Å². The van der Waals surface area contributed by atoms with Gasteiger partial charge in [-0.15, -0.1) is 0 Å². The number of carboxylic acids is 1. The van der Waals surface area contributed by atoms with Gasteiger partial charge in [0.15, 0.2) is 0 Å². The predicted octanol–water partition coefficient (Wildman–Crippen LogP) is 4.98. The molecule has 0 saturated carbocycles. The molecule has 1 heterocycles. The molecule has 0 amide bonds. The Morgan fingerprint density at radius 2 is 1.81 bits per heavy atom. The Balaban J connectivity index is 1.85. The molecule has 0 spiro atoms. The van der Waals surface area contributed by atoms with Crippen LogP contribution in [0.1, 0.15) is 43.9 Å². The van der Waals surface area contributed by atoms with Crippen LogP contribution in [0.15, 0.2) is 84.5 Å². The van der Waals surface area contributed by atoms with Gasteiger partial charge in [0.05, 0.1) is 18.8 Å². The molecule has 3 rings (SSSR count). The van der Waals surface area contributed by atoms with Crippen molar-refractivity contribution in [1.29, 1.82) is 0 Å². The summed E-state index contributed by atoms with van der Waals surface area (Å²) in [5.41, 5.74) is 2.61. The predicted molar refractivity (Wildman–Crippen MR) is 121 cm³/mol. The number of carbonyl (C=O) groups is 1. The first-order valence-electron chi connectivity index (χ1n) is 10.4. The monoisotopic (exact) mass is 419 g/mol. The van der Waals surface area contributed by atoms with Crippen molar-refractivity contribution in [2.45, 2.75) is 39.2 Å². The fraction of sp³-hybridized carbons (Fsp3) is 0.320. The summed E-state index contributed by atoms with van der Waals surface area (Å²) in [4.78, 5) is 21.0. The zero-order chi connectivity index (χ0) is 22.1. The number of hydrogen-bond acceptors (Lipinski definition) is 4. The molecule has 6 heteroatoms. The van der Waals surface area contributed by atoms with E-state index in [-0.39, 0.29) is 17.9 Å². The van der Waals surface area contributed by atoms with E-state index in [0.29, 0.717) is 13.0 Å². The van der Waals surface area contributed by atoms with Gasteiger partial charge in [0, 0.05) is 18.0 Å². The minimum Gasteiger partial charge on any atom is -0.481 e. The van der Waals surface area contributed by atoms with E-state index < -0.39 is 5.97 Å². The molecular formula is C25H29N3O3. The third kappa shape index (κ3) is 6.81. The fourth-order valence-corrected chi connectivity index (χ4v) is 3.48. The number of aromatic nitrogens is 2. The minimum absolute atomic E-state index is 0.0945. The molecule has 3 aromatic rings. The Morgan fingerprint density at radius 1 is 1.13 bits per heavy atom. The zero-order valence-electron chi connectivity index (χ0n) is 18.0. The molecule has 6 nitrogen and oxygen atoms in total. The summed E-state index contributed by atoms with van der Waals surface area (Å²) in [6.07, 6.45) is 6.91. The third-order valence-electron chi connectivity index (χ3n) is 5.20. The van der Waals surface area contributed by atoms with Gasteiger partial charge >= 0.3 is 5.97 Å². The molecular weight excluding hydrogens is 390 g/mol. The second-order valence-corrected chi connectivity index (χ2v) is 8.38. The van der Waals surface area contributed by atoms with E-state index in [2.05, 4.69) is 22.3 Å². The van der Waals surface area contributed by atoms with Crippen LogP contribution in [0.25, 0.3) is 0 Å². The number of rotatable bonds is 11. The van der Waals surface area contributed by atoms with Crippen LogP contribution < -0.4 is 0 Å². The van der Waals surface area contributed by atoms with E-state index in [4.69, 9.17) is 9.94 Å². The van der Waals surface area contributed by atoms with Crippen LogP contribution in [0.3, 0.4) is 0 Å². The van der Waals surface area contributed by atoms with Gasteiger partial charge in [-0.2, -0.15) is 0 Å². The van der Waals surface area contributed by atoms with Crippen LogP contribution in [-0.2, 0) is 16.1 Å². The fourth-order valence-electron chi connectivity index (χ4n) is 3.48. The molecule has 1 N–H and O–H groups in total. The van der Waals surface area contributed by atoms with Crippen molar-refractivity contribution in [1.82, 2.24) is 9.55 Å². The second kappa shape index (κ2) is 10.6. The minimum atomic E-state index is -0.804. The van der Waals surface area contributed by atoms with Gasteiger partial charge in [0.1, 0.15) is 12.3 Å². The van der Waals surface area contributed by atoms with Crippen molar-refractivity contribution in [3.63, 3.8) is 0 Å². The first-order valence-corrected chi connectivity index (χ1v) is 10.4. The van der Waals surface area contributed by atoms with Gasteiger partial charge in [-0.25, -0.2) is 4.98 Å². The van der Waals surface area contributed by atoms with E-state index in [1.54, 1.807) is 12.5 Å². The summed E-state index contributed by atoms with van der Waals surface area (Å²) in [5.74, 6) is -0.804.